The van der Waals surface area contributed by atoms with Crippen LogP contribution in [0.25, 0.3) is 11.4 Å². The van der Waals surface area contributed by atoms with Gasteiger partial charge in [-0.15, -0.1) is 0 Å². The number of fused-ring (bicyclic) bond motifs is 1. The molecule has 4 nitrogen and oxygen atoms in total. The normalized spacial score (nSPS) is 21.9. The van der Waals surface area contributed by atoms with Crippen molar-refractivity contribution in [2.45, 2.75) is 13.8 Å². The lowest BCUT2D eigenvalue weighted by Gasteiger charge is -2.35. The lowest BCUT2D eigenvalue weighted by molar-refractivity contribution is 0.0466. The summed E-state index contributed by atoms with van der Waals surface area (Å²) in [4.78, 5) is 0. The Morgan fingerprint density at radius 1 is 1.04 bits per heavy atom. The minimum atomic E-state index is -3.52. The van der Waals surface area contributed by atoms with E-state index in [9.17, 15) is 4.57 Å². The van der Waals surface area contributed by atoms with Gasteiger partial charge in [-0.3, -0.25) is 4.57 Å². The first-order valence-electron chi connectivity index (χ1n) is 8.71. The second kappa shape index (κ2) is 7.06. The largest absolute Gasteiger partial charge is 0.456 e. The fourth-order valence-corrected chi connectivity index (χ4v) is 5.55. The second-order valence-electron chi connectivity index (χ2n) is 7.40. The van der Waals surface area contributed by atoms with Crippen molar-refractivity contribution in [2.24, 2.45) is 5.41 Å². The van der Waals surface area contributed by atoms with Gasteiger partial charge in [0.1, 0.15) is 16.8 Å². The maximum atomic E-state index is 13.7. The number of ether oxygens (including phenoxy) is 1. The van der Waals surface area contributed by atoms with Gasteiger partial charge in [0.2, 0.25) is 0 Å². The van der Waals surface area contributed by atoms with E-state index in [-0.39, 0.29) is 5.41 Å². The zero-order valence-corrected chi connectivity index (χ0v) is 17.6. The number of halogens is 1. The lowest BCUT2D eigenvalue weighted by Crippen LogP contribution is -2.29. The highest BCUT2D eigenvalue weighted by Gasteiger charge is 2.42. The van der Waals surface area contributed by atoms with E-state index in [1.807, 2.05) is 74.5 Å². The topological polar surface area (TPSA) is 44.8 Å². The van der Waals surface area contributed by atoms with E-state index >= 15 is 0 Å². The van der Waals surface area contributed by atoms with Gasteiger partial charge in [0, 0.05) is 15.5 Å². The number of hydrogen-bond acceptors (Lipinski definition) is 4. The molecule has 0 unspecified atom stereocenters. The number of benzene rings is 2. The zero-order valence-electron chi connectivity index (χ0n) is 15.1. The molecule has 0 radical (unpaired) electrons. The minimum Gasteiger partial charge on any atom is -0.456 e. The van der Waals surface area contributed by atoms with Crippen molar-refractivity contribution in [3.63, 3.8) is 0 Å². The van der Waals surface area contributed by atoms with Crippen LogP contribution < -0.4 is 4.74 Å². The number of hydrogen-bond donors (Lipinski definition) is 0. The predicted molar refractivity (Wildman–Crippen MR) is 110 cm³/mol. The summed E-state index contributed by atoms with van der Waals surface area (Å²) < 4.78 is 32.4. The van der Waals surface area contributed by atoms with Crippen molar-refractivity contribution in [3.8, 4) is 5.75 Å². The molecule has 27 heavy (non-hydrogen) atoms. The molecule has 0 aromatic heterocycles. The van der Waals surface area contributed by atoms with Crippen LogP contribution in [0.1, 0.15) is 25.0 Å². The Kier molecular flexibility index (Phi) is 4.89. The smallest absolute Gasteiger partial charge is 0.365 e. The van der Waals surface area contributed by atoms with Crippen LogP contribution in [0, 0.1) is 5.41 Å². The average Bonchev–Trinajstić information content (AvgIpc) is 2.66. The van der Waals surface area contributed by atoms with Gasteiger partial charge in [0.25, 0.3) is 0 Å². The first-order chi connectivity index (χ1) is 12.9. The predicted octanol–water partition coefficient (Wildman–Crippen LogP) is 6.49. The molecule has 1 saturated heterocycles. The highest BCUT2D eigenvalue weighted by atomic mass is 79.9. The van der Waals surface area contributed by atoms with Crippen molar-refractivity contribution in [1.82, 2.24) is 0 Å². The SMILES string of the molecule is CC1(C)COP(=O)(/C(=C2\C=Cc3cc(Br)ccc3O2)c2ccccc2)OC1. The van der Waals surface area contributed by atoms with Gasteiger partial charge in [-0.1, -0.05) is 60.1 Å². The lowest BCUT2D eigenvalue weighted by atomic mass is 9.97. The molecule has 0 bridgehead atoms. The molecule has 0 amide bonds. The first-order valence-corrected chi connectivity index (χ1v) is 11.0. The molecule has 0 N–H and O–H groups in total. The highest BCUT2D eigenvalue weighted by Crippen LogP contribution is 2.65. The summed E-state index contributed by atoms with van der Waals surface area (Å²) in [7, 11) is -3.52. The van der Waals surface area contributed by atoms with Gasteiger partial charge in [0.15, 0.2) is 0 Å². The summed E-state index contributed by atoms with van der Waals surface area (Å²) in [5.41, 5.74) is 1.54. The molecule has 140 valence electrons. The van der Waals surface area contributed by atoms with E-state index in [4.69, 9.17) is 13.8 Å². The molecule has 0 aliphatic carbocycles. The Morgan fingerprint density at radius 2 is 1.74 bits per heavy atom. The first kappa shape index (κ1) is 18.7. The average molecular weight is 447 g/mol. The van der Waals surface area contributed by atoms with Gasteiger partial charge in [-0.25, -0.2) is 0 Å². The van der Waals surface area contributed by atoms with E-state index in [0.717, 1.165) is 15.6 Å². The van der Waals surface area contributed by atoms with Gasteiger partial charge >= 0.3 is 7.60 Å². The van der Waals surface area contributed by atoms with Crippen LogP contribution in [-0.4, -0.2) is 13.2 Å². The fourth-order valence-electron chi connectivity index (χ4n) is 2.95. The monoisotopic (exact) mass is 446 g/mol. The van der Waals surface area contributed by atoms with Crippen LogP contribution in [0.4, 0.5) is 0 Å². The standard InChI is InChI=1S/C21H20BrO4P/c1-21(2)13-24-27(23,25-14-21)20(15-6-4-3-5-7-15)19-10-8-16-12-17(22)9-11-18(16)26-19/h3-12H,13-14H2,1-2H3/b20-19+. The Labute approximate surface area is 167 Å². The molecule has 0 saturated carbocycles. The summed E-state index contributed by atoms with van der Waals surface area (Å²) >= 11 is 3.47. The fraction of sp³-hybridized carbons (Fsp3) is 0.238. The second-order valence-corrected chi connectivity index (χ2v) is 10.3. The summed E-state index contributed by atoms with van der Waals surface area (Å²) in [6.07, 6.45) is 3.77. The molecule has 2 aromatic rings. The summed E-state index contributed by atoms with van der Waals surface area (Å²) in [6, 6.07) is 15.3. The molecule has 2 aliphatic heterocycles. The van der Waals surface area contributed by atoms with E-state index in [1.165, 1.54) is 0 Å². The maximum absolute atomic E-state index is 13.7. The molecule has 6 heteroatoms. The molecule has 0 spiro atoms. The van der Waals surface area contributed by atoms with Crippen molar-refractivity contribution in [2.75, 3.05) is 13.2 Å². The molecule has 4 rings (SSSR count). The van der Waals surface area contributed by atoms with Crippen LogP contribution in [0.3, 0.4) is 0 Å². The molecule has 2 aromatic carbocycles. The van der Waals surface area contributed by atoms with E-state index in [1.54, 1.807) is 0 Å². The third-order valence-corrected chi connectivity index (χ3v) is 6.87. The highest BCUT2D eigenvalue weighted by molar-refractivity contribution is 9.10. The van der Waals surface area contributed by atoms with Crippen LogP contribution in [-0.2, 0) is 13.6 Å². The van der Waals surface area contributed by atoms with Gasteiger partial charge in [0.05, 0.1) is 13.2 Å². The maximum Gasteiger partial charge on any atom is 0.365 e. The molecule has 2 heterocycles. The van der Waals surface area contributed by atoms with Crippen LogP contribution in [0.2, 0.25) is 0 Å². The summed E-state index contributed by atoms with van der Waals surface area (Å²) in [6.45, 7) is 4.77. The van der Waals surface area contributed by atoms with Crippen molar-refractivity contribution >= 4 is 34.9 Å². The van der Waals surface area contributed by atoms with Crippen LogP contribution in [0.15, 0.2) is 64.8 Å². The Bertz CT molecular complexity index is 965. The quantitative estimate of drug-likeness (QED) is 0.494. The molecule has 1 fully saturated rings. The van der Waals surface area contributed by atoms with Gasteiger partial charge < -0.3 is 13.8 Å². The van der Waals surface area contributed by atoms with Crippen LogP contribution >= 0.6 is 23.5 Å². The molecular weight excluding hydrogens is 427 g/mol. The van der Waals surface area contributed by atoms with Crippen molar-refractivity contribution in [1.29, 1.82) is 0 Å². The van der Waals surface area contributed by atoms with Crippen LogP contribution in [0.5, 0.6) is 5.75 Å². The Balaban J connectivity index is 1.82. The number of allylic oxidation sites excluding steroid dienone is 1. The third-order valence-electron chi connectivity index (χ3n) is 4.41. The Morgan fingerprint density at radius 3 is 2.44 bits per heavy atom. The van der Waals surface area contributed by atoms with Gasteiger partial charge in [-0.05, 0) is 35.9 Å². The van der Waals surface area contributed by atoms with Gasteiger partial charge in [-0.2, -0.15) is 0 Å². The van der Waals surface area contributed by atoms with E-state index in [2.05, 4.69) is 15.9 Å². The van der Waals surface area contributed by atoms with E-state index in [0.29, 0.717) is 30.0 Å². The van der Waals surface area contributed by atoms with Crippen molar-refractivity contribution in [3.05, 3.63) is 76.0 Å². The third kappa shape index (κ3) is 3.83. The zero-order chi connectivity index (χ0) is 19.1. The number of rotatable bonds is 2. The molecule has 0 atom stereocenters. The Hall–Kier alpha value is -1.65. The van der Waals surface area contributed by atoms with E-state index < -0.39 is 7.60 Å². The molecular formula is C21H20BrO4P. The summed E-state index contributed by atoms with van der Waals surface area (Å²) in [5, 5.41) is 0.461. The molecule has 2 aliphatic rings. The van der Waals surface area contributed by atoms with Crippen molar-refractivity contribution < 1.29 is 18.3 Å². The summed E-state index contributed by atoms with van der Waals surface area (Å²) in [5.74, 6) is 1.19. The minimum absolute atomic E-state index is 0.178.